The summed E-state index contributed by atoms with van der Waals surface area (Å²) in [4.78, 5) is 11.2. The molecule has 0 bridgehead atoms. The average Bonchev–Trinajstić information content (AvgIpc) is 3.12. The molecule has 6 heteroatoms. The minimum atomic E-state index is -0.816. The zero-order chi connectivity index (χ0) is 20.3. The average molecular weight is 402 g/mol. The van der Waals surface area contributed by atoms with E-state index >= 15 is 0 Å². The number of aryl methyl sites for hydroxylation is 3. The molecule has 1 heterocycles. The first kappa shape index (κ1) is 20.6. The molecule has 28 heavy (non-hydrogen) atoms. The maximum atomic E-state index is 11.2. The molecule has 2 aromatic carbocycles. The van der Waals surface area contributed by atoms with Crippen molar-refractivity contribution in [1.29, 1.82) is 0 Å². The third kappa shape index (κ3) is 4.62. The standard InChI is InChI=1S/C22H27NO4S/c1-5-26-20-10-16(21-23-18(12-28-21)22(24)25)6-7-19(20)27-11-17-14(3)8-13(2)9-15(17)4/h6-10,18,21,23H,5,11-12H2,1-4H3,(H,24,25)/t18-,21+/m0/s1. The molecule has 0 amide bonds. The van der Waals surface area contributed by atoms with E-state index in [0.717, 1.165) is 5.56 Å². The molecule has 1 saturated heterocycles. The number of thioether (sulfide) groups is 1. The molecule has 0 radical (unpaired) electrons. The first-order valence-corrected chi connectivity index (χ1v) is 10.5. The summed E-state index contributed by atoms with van der Waals surface area (Å²) in [6.45, 7) is 9.26. The van der Waals surface area contributed by atoms with Crippen LogP contribution in [0.1, 0.15) is 40.1 Å². The summed E-state index contributed by atoms with van der Waals surface area (Å²) < 4.78 is 11.9. The highest BCUT2D eigenvalue weighted by molar-refractivity contribution is 7.99. The number of carboxylic acids is 1. The maximum Gasteiger partial charge on any atom is 0.321 e. The molecule has 2 aromatic rings. The summed E-state index contributed by atoms with van der Waals surface area (Å²) >= 11 is 1.59. The molecule has 0 saturated carbocycles. The van der Waals surface area contributed by atoms with Crippen LogP contribution in [0.15, 0.2) is 30.3 Å². The first-order valence-electron chi connectivity index (χ1n) is 9.45. The lowest BCUT2D eigenvalue weighted by Crippen LogP contribution is -2.33. The molecule has 1 aliphatic rings. The normalized spacial score (nSPS) is 18.9. The molecule has 0 aliphatic carbocycles. The Hall–Kier alpha value is -2.18. The van der Waals surface area contributed by atoms with Gasteiger partial charge in [-0.25, -0.2) is 0 Å². The Balaban J connectivity index is 1.77. The van der Waals surface area contributed by atoms with Gasteiger partial charge in [0.2, 0.25) is 0 Å². The van der Waals surface area contributed by atoms with Gasteiger partial charge in [0, 0.05) is 5.75 Å². The summed E-state index contributed by atoms with van der Waals surface area (Å²) in [6.07, 6.45) is 0. The largest absolute Gasteiger partial charge is 0.490 e. The predicted octanol–water partition coefficient (Wildman–Crippen LogP) is 4.38. The lowest BCUT2D eigenvalue weighted by molar-refractivity contribution is -0.138. The van der Waals surface area contributed by atoms with E-state index in [1.54, 1.807) is 11.8 Å². The zero-order valence-corrected chi connectivity index (χ0v) is 17.6. The van der Waals surface area contributed by atoms with Crippen LogP contribution < -0.4 is 14.8 Å². The Morgan fingerprint density at radius 3 is 2.46 bits per heavy atom. The molecule has 3 rings (SSSR count). The third-order valence-corrected chi connectivity index (χ3v) is 6.13. The lowest BCUT2D eigenvalue weighted by atomic mass is 10.0. The van der Waals surface area contributed by atoms with Crippen molar-refractivity contribution >= 4 is 17.7 Å². The fourth-order valence-electron chi connectivity index (χ4n) is 3.47. The van der Waals surface area contributed by atoms with Gasteiger partial charge in [-0.1, -0.05) is 23.8 Å². The highest BCUT2D eigenvalue weighted by Gasteiger charge is 2.30. The predicted molar refractivity (Wildman–Crippen MR) is 112 cm³/mol. The fourth-order valence-corrected chi connectivity index (χ4v) is 4.69. The summed E-state index contributed by atoms with van der Waals surface area (Å²) in [7, 11) is 0. The van der Waals surface area contributed by atoms with Gasteiger partial charge in [0.15, 0.2) is 11.5 Å². The maximum absolute atomic E-state index is 11.2. The molecule has 0 unspecified atom stereocenters. The second-order valence-corrected chi connectivity index (χ2v) is 8.21. The monoisotopic (exact) mass is 401 g/mol. The number of aliphatic carboxylic acids is 1. The van der Waals surface area contributed by atoms with E-state index in [-0.39, 0.29) is 5.37 Å². The Labute approximate surface area is 170 Å². The van der Waals surface area contributed by atoms with E-state index in [1.807, 2.05) is 25.1 Å². The van der Waals surface area contributed by atoms with Crippen LogP contribution in [0.2, 0.25) is 0 Å². The Kier molecular flexibility index (Phi) is 6.52. The topological polar surface area (TPSA) is 67.8 Å². The van der Waals surface area contributed by atoms with Gasteiger partial charge in [0.25, 0.3) is 0 Å². The summed E-state index contributed by atoms with van der Waals surface area (Å²) in [6, 6.07) is 9.65. The number of rotatable bonds is 7. The van der Waals surface area contributed by atoms with Crippen LogP contribution in [0, 0.1) is 20.8 Å². The molecule has 2 N–H and O–H groups in total. The molecule has 0 aromatic heterocycles. The molecular formula is C22H27NO4S. The molecule has 5 nitrogen and oxygen atoms in total. The summed E-state index contributed by atoms with van der Waals surface area (Å²) in [5.41, 5.74) is 5.87. The SMILES string of the molecule is CCOc1cc([C@@H]2N[C@H](C(=O)O)CS2)ccc1OCc1c(C)cc(C)cc1C. The van der Waals surface area contributed by atoms with E-state index in [1.165, 1.54) is 22.3 Å². The Bertz CT molecular complexity index is 845. The third-order valence-electron chi connectivity index (χ3n) is 4.86. The number of carbonyl (C=O) groups is 1. The number of benzene rings is 2. The molecule has 1 aliphatic heterocycles. The van der Waals surface area contributed by atoms with Crippen LogP contribution in [0.4, 0.5) is 0 Å². The van der Waals surface area contributed by atoms with Crippen molar-refractivity contribution < 1.29 is 19.4 Å². The molecule has 2 atom stereocenters. The lowest BCUT2D eigenvalue weighted by Gasteiger charge is -2.18. The van der Waals surface area contributed by atoms with Gasteiger partial charge in [-0.05, 0) is 62.1 Å². The van der Waals surface area contributed by atoms with Gasteiger partial charge < -0.3 is 14.6 Å². The zero-order valence-electron chi connectivity index (χ0n) is 16.7. The van der Waals surface area contributed by atoms with Crippen molar-refractivity contribution in [3.8, 4) is 11.5 Å². The van der Waals surface area contributed by atoms with Crippen LogP contribution in [-0.2, 0) is 11.4 Å². The summed E-state index contributed by atoms with van der Waals surface area (Å²) in [5, 5.41) is 12.3. The van der Waals surface area contributed by atoms with Gasteiger partial charge in [0.1, 0.15) is 12.6 Å². The Morgan fingerprint density at radius 1 is 1.14 bits per heavy atom. The van der Waals surface area contributed by atoms with Crippen LogP contribution in [0.3, 0.4) is 0 Å². The van der Waals surface area contributed by atoms with Crippen LogP contribution in [0.25, 0.3) is 0 Å². The highest BCUT2D eigenvalue weighted by Crippen LogP contribution is 2.38. The number of hydrogen-bond acceptors (Lipinski definition) is 5. The molecule has 0 spiro atoms. The van der Waals surface area contributed by atoms with Crippen LogP contribution >= 0.6 is 11.8 Å². The van der Waals surface area contributed by atoms with Gasteiger partial charge in [-0.15, -0.1) is 11.8 Å². The van der Waals surface area contributed by atoms with Crippen molar-refractivity contribution in [2.75, 3.05) is 12.4 Å². The van der Waals surface area contributed by atoms with E-state index in [9.17, 15) is 9.90 Å². The number of hydrogen-bond donors (Lipinski definition) is 2. The quantitative estimate of drug-likeness (QED) is 0.718. The first-order chi connectivity index (χ1) is 13.4. The van der Waals surface area contributed by atoms with E-state index in [4.69, 9.17) is 9.47 Å². The second kappa shape index (κ2) is 8.88. The summed E-state index contributed by atoms with van der Waals surface area (Å²) in [5.74, 6) is 1.11. The van der Waals surface area contributed by atoms with Gasteiger partial charge in [0.05, 0.1) is 12.0 Å². The van der Waals surface area contributed by atoms with Gasteiger partial charge in [-0.2, -0.15) is 0 Å². The van der Waals surface area contributed by atoms with Crippen molar-refractivity contribution in [3.63, 3.8) is 0 Å². The van der Waals surface area contributed by atoms with Crippen molar-refractivity contribution in [2.45, 2.75) is 45.7 Å². The van der Waals surface area contributed by atoms with Gasteiger partial charge >= 0.3 is 5.97 Å². The van der Waals surface area contributed by atoms with Crippen molar-refractivity contribution in [2.24, 2.45) is 0 Å². The van der Waals surface area contributed by atoms with E-state index in [0.29, 0.717) is 30.5 Å². The van der Waals surface area contributed by atoms with Crippen LogP contribution in [0.5, 0.6) is 11.5 Å². The van der Waals surface area contributed by atoms with Crippen molar-refractivity contribution in [1.82, 2.24) is 5.32 Å². The highest BCUT2D eigenvalue weighted by atomic mass is 32.2. The van der Waals surface area contributed by atoms with Crippen LogP contribution in [-0.4, -0.2) is 29.5 Å². The number of nitrogens with one attached hydrogen (secondary N) is 1. The number of carboxylic acid groups (broad SMARTS) is 1. The second-order valence-electron chi connectivity index (χ2n) is 7.08. The minimum absolute atomic E-state index is 0.0593. The minimum Gasteiger partial charge on any atom is -0.490 e. The fraction of sp³-hybridized carbons (Fsp3) is 0.409. The molecule has 150 valence electrons. The number of ether oxygens (including phenoxy) is 2. The van der Waals surface area contributed by atoms with E-state index in [2.05, 4.69) is 38.2 Å². The van der Waals surface area contributed by atoms with E-state index < -0.39 is 12.0 Å². The van der Waals surface area contributed by atoms with Gasteiger partial charge in [-0.3, -0.25) is 10.1 Å². The van der Waals surface area contributed by atoms with Crippen molar-refractivity contribution in [3.05, 3.63) is 58.1 Å². The smallest absolute Gasteiger partial charge is 0.321 e. The Morgan fingerprint density at radius 2 is 1.86 bits per heavy atom. The molecular weight excluding hydrogens is 374 g/mol. The molecule has 1 fully saturated rings.